The van der Waals surface area contributed by atoms with Crippen molar-refractivity contribution in [3.8, 4) is 0 Å². The number of nitrogens with zero attached hydrogens (tertiary/aromatic N) is 1. The van der Waals surface area contributed by atoms with Gasteiger partial charge in [0.25, 0.3) is 5.91 Å². The van der Waals surface area contributed by atoms with Gasteiger partial charge in [0, 0.05) is 12.7 Å². The van der Waals surface area contributed by atoms with Crippen molar-refractivity contribution in [2.45, 2.75) is 6.23 Å². The molecule has 80 valence electrons. The number of amides is 1. The fourth-order valence-corrected chi connectivity index (χ4v) is 1.13. The average molecular weight is 208 g/mol. The number of carbonyl (C=O) groups excluding carboxylic acids is 1. The standard InChI is InChI=1S/C10H12N2O3/c1-15-10(12-9(13)7-11-14)8-5-3-2-4-6-8/h2-7,10,14H,1H3,(H,12,13). The minimum absolute atomic E-state index is 0.520. The molecule has 0 aliphatic rings. The van der Waals surface area contributed by atoms with Crippen LogP contribution in [0, 0.1) is 0 Å². The molecule has 1 atom stereocenters. The molecule has 2 N–H and O–H groups in total. The summed E-state index contributed by atoms with van der Waals surface area (Å²) in [4.78, 5) is 11.1. The summed E-state index contributed by atoms with van der Waals surface area (Å²) in [5, 5.41) is 13.3. The molecule has 1 unspecified atom stereocenters. The second-order valence-corrected chi connectivity index (χ2v) is 2.78. The molecular formula is C10H12N2O3. The molecule has 0 spiro atoms. The highest BCUT2D eigenvalue weighted by atomic mass is 16.5. The number of carbonyl (C=O) groups is 1. The van der Waals surface area contributed by atoms with Gasteiger partial charge in [-0.2, -0.15) is 0 Å². The van der Waals surface area contributed by atoms with Crippen molar-refractivity contribution in [2.24, 2.45) is 5.16 Å². The maximum absolute atomic E-state index is 11.1. The van der Waals surface area contributed by atoms with Gasteiger partial charge in [0.1, 0.15) is 6.21 Å². The first kappa shape index (κ1) is 11.2. The van der Waals surface area contributed by atoms with Crippen LogP contribution in [0.2, 0.25) is 0 Å². The first-order chi connectivity index (χ1) is 7.27. The van der Waals surface area contributed by atoms with Crippen LogP contribution < -0.4 is 5.32 Å². The van der Waals surface area contributed by atoms with E-state index in [9.17, 15) is 4.79 Å². The van der Waals surface area contributed by atoms with E-state index in [4.69, 9.17) is 9.94 Å². The molecule has 1 amide bonds. The lowest BCUT2D eigenvalue weighted by atomic mass is 10.2. The SMILES string of the molecule is COC(NC(=O)C=NO)c1ccccc1. The Morgan fingerprint density at radius 1 is 1.53 bits per heavy atom. The van der Waals surface area contributed by atoms with Crippen LogP contribution in [0.3, 0.4) is 0 Å². The van der Waals surface area contributed by atoms with Crippen LogP contribution in [-0.2, 0) is 9.53 Å². The van der Waals surface area contributed by atoms with E-state index in [1.807, 2.05) is 30.3 Å². The molecular weight excluding hydrogens is 196 g/mol. The summed E-state index contributed by atoms with van der Waals surface area (Å²) in [5.74, 6) is -0.520. The van der Waals surface area contributed by atoms with Crippen molar-refractivity contribution in [2.75, 3.05) is 7.11 Å². The highest BCUT2D eigenvalue weighted by molar-refractivity contribution is 6.26. The number of ether oxygens (including phenoxy) is 1. The van der Waals surface area contributed by atoms with Crippen molar-refractivity contribution in [1.29, 1.82) is 0 Å². The molecule has 0 heterocycles. The second kappa shape index (κ2) is 5.77. The number of hydrogen-bond donors (Lipinski definition) is 2. The Bertz CT molecular complexity index is 338. The molecule has 1 aromatic carbocycles. The number of rotatable bonds is 4. The highest BCUT2D eigenvalue weighted by Gasteiger charge is 2.11. The summed E-state index contributed by atoms with van der Waals surface area (Å²) in [6.07, 6.45) is 0.228. The summed E-state index contributed by atoms with van der Waals surface area (Å²) < 4.78 is 5.08. The number of hydrogen-bond acceptors (Lipinski definition) is 4. The molecule has 1 aromatic rings. The zero-order chi connectivity index (χ0) is 11.1. The van der Waals surface area contributed by atoms with E-state index in [1.165, 1.54) is 7.11 Å². The molecule has 0 aromatic heterocycles. The molecule has 15 heavy (non-hydrogen) atoms. The number of oxime groups is 1. The normalized spacial score (nSPS) is 12.6. The number of nitrogens with one attached hydrogen (secondary N) is 1. The van der Waals surface area contributed by atoms with Crippen LogP contribution in [0.15, 0.2) is 35.5 Å². The Labute approximate surface area is 87.4 Å². The van der Waals surface area contributed by atoms with E-state index in [2.05, 4.69) is 10.5 Å². The lowest BCUT2D eigenvalue weighted by Gasteiger charge is -2.15. The Kier molecular flexibility index (Phi) is 4.30. The van der Waals surface area contributed by atoms with Gasteiger partial charge in [0.05, 0.1) is 0 Å². The Hall–Kier alpha value is -1.88. The molecule has 0 saturated heterocycles. The van der Waals surface area contributed by atoms with Gasteiger partial charge in [-0.3, -0.25) is 4.79 Å². The lowest BCUT2D eigenvalue weighted by molar-refractivity contribution is -0.118. The summed E-state index contributed by atoms with van der Waals surface area (Å²) in [7, 11) is 1.48. The smallest absolute Gasteiger partial charge is 0.268 e. The molecule has 0 aliphatic carbocycles. The van der Waals surface area contributed by atoms with Crippen molar-refractivity contribution in [1.82, 2.24) is 5.32 Å². The Morgan fingerprint density at radius 2 is 2.20 bits per heavy atom. The van der Waals surface area contributed by atoms with Crippen molar-refractivity contribution in [3.05, 3.63) is 35.9 Å². The summed E-state index contributed by atoms with van der Waals surface area (Å²) >= 11 is 0. The molecule has 0 aliphatic heterocycles. The fraction of sp³-hybridized carbons (Fsp3) is 0.200. The Balaban J connectivity index is 2.69. The first-order valence-corrected chi connectivity index (χ1v) is 4.33. The molecule has 0 fully saturated rings. The predicted octanol–water partition coefficient (Wildman–Crippen LogP) is 0.908. The molecule has 1 rings (SSSR count). The predicted molar refractivity (Wildman–Crippen MR) is 54.6 cm³/mol. The van der Waals surface area contributed by atoms with E-state index in [0.717, 1.165) is 11.8 Å². The van der Waals surface area contributed by atoms with Gasteiger partial charge < -0.3 is 15.3 Å². The highest BCUT2D eigenvalue weighted by Crippen LogP contribution is 2.11. The largest absolute Gasteiger partial charge is 0.411 e. The minimum Gasteiger partial charge on any atom is -0.411 e. The number of methoxy groups -OCH3 is 1. The van der Waals surface area contributed by atoms with Crippen LogP contribution in [0.4, 0.5) is 0 Å². The van der Waals surface area contributed by atoms with E-state index in [0.29, 0.717) is 0 Å². The summed E-state index contributed by atoms with van der Waals surface area (Å²) in [6.45, 7) is 0. The zero-order valence-corrected chi connectivity index (χ0v) is 8.25. The van der Waals surface area contributed by atoms with Crippen LogP contribution >= 0.6 is 0 Å². The molecule has 0 bridgehead atoms. The van der Waals surface area contributed by atoms with Crippen LogP contribution in [-0.4, -0.2) is 24.4 Å². The van der Waals surface area contributed by atoms with Gasteiger partial charge in [-0.25, -0.2) is 0 Å². The number of benzene rings is 1. The van der Waals surface area contributed by atoms with E-state index < -0.39 is 12.1 Å². The summed E-state index contributed by atoms with van der Waals surface area (Å²) in [5.41, 5.74) is 0.819. The maximum Gasteiger partial charge on any atom is 0.268 e. The molecule has 0 saturated carbocycles. The van der Waals surface area contributed by atoms with Gasteiger partial charge >= 0.3 is 0 Å². The van der Waals surface area contributed by atoms with Gasteiger partial charge in [-0.1, -0.05) is 35.5 Å². The molecule has 0 radical (unpaired) electrons. The third-order valence-electron chi connectivity index (χ3n) is 1.79. The molecule has 5 nitrogen and oxygen atoms in total. The van der Waals surface area contributed by atoms with Gasteiger partial charge in [0.15, 0.2) is 6.23 Å². The Morgan fingerprint density at radius 3 is 2.73 bits per heavy atom. The van der Waals surface area contributed by atoms with Crippen molar-refractivity contribution in [3.63, 3.8) is 0 Å². The van der Waals surface area contributed by atoms with E-state index in [-0.39, 0.29) is 0 Å². The van der Waals surface area contributed by atoms with Gasteiger partial charge in [-0.15, -0.1) is 0 Å². The van der Waals surface area contributed by atoms with E-state index in [1.54, 1.807) is 0 Å². The van der Waals surface area contributed by atoms with E-state index >= 15 is 0 Å². The average Bonchev–Trinajstić information content (AvgIpc) is 2.27. The topological polar surface area (TPSA) is 70.9 Å². The van der Waals surface area contributed by atoms with Crippen molar-refractivity contribution < 1.29 is 14.7 Å². The first-order valence-electron chi connectivity index (χ1n) is 4.33. The maximum atomic E-state index is 11.1. The lowest BCUT2D eigenvalue weighted by Crippen LogP contribution is -2.30. The summed E-state index contributed by atoms with van der Waals surface area (Å²) in [6, 6.07) is 9.20. The van der Waals surface area contributed by atoms with Crippen LogP contribution in [0.5, 0.6) is 0 Å². The third kappa shape index (κ3) is 3.40. The monoisotopic (exact) mass is 208 g/mol. The van der Waals surface area contributed by atoms with Gasteiger partial charge in [0.2, 0.25) is 0 Å². The van der Waals surface area contributed by atoms with Crippen LogP contribution in [0.25, 0.3) is 0 Å². The van der Waals surface area contributed by atoms with Gasteiger partial charge in [-0.05, 0) is 0 Å². The van der Waals surface area contributed by atoms with Crippen LogP contribution in [0.1, 0.15) is 11.8 Å². The second-order valence-electron chi connectivity index (χ2n) is 2.78. The molecule has 5 heteroatoms. The zero-order valence-electron chi connectivity index (χ0n) is 8.25. The third-order valence-corrected chi connectivity index (χ3v) is 1.79. The minimum atomic E-state index is -0.545. The van der Waals surface area contributed by atoms with Crippen molar-refractivity contribution >= 4 is 12.1 Å². The quantitative estimate of drug-likeness (QED) is 0.334. The fourth-order valence-electron chi connectivity index (χ4n) is 1.13.